The Balaban J connectivity index is 1.69. The van der Waals surface area contributed by atoms with Gasteiger partial charge in [-0.2, -0.15) is 0 Å². The van der Waals surface area contributed by atoms with Crippen molar-refractivity contribution in [3.05, 3.63) is 54.4 Å². The molecule has 0 saturated carbocycles. The van der Waals surface area contributed by atoms with Gasteiger partial charge >= 0.3 is 0 Å². The Kier molecular flexibility index (Phi) is 4.71. The van der Waals surface area contributed by atoms with Gasteiger partial charge in [-0.05, 0) is 24.3 Å². The van der Waals surface area contributed by atoms with Crippen molar-refractivity contribution in [3.8, 4) is 11.3 Å². The lowest BCUT2D eigenvalue weighted by atomic mass is 9.85. The van der Waals surface area contributed by atoms with Crippen molar-refractivity contribution in [1.82, 2.24) is 15.0 Å². The van der Waals surface area contributed by atoms with Crippen molar-refractivity contribution in [3.63, 3.8) is 0 Å². The van der Waals surface area contributed by atoms with Gasteiger partial charge in [-0.25, -0.2) is 23.4 Å². The summed E-state index contributed by atoms with van der Waals surface area (Å²) in [6.45, 7) is 2.61. The smallest absolute Gasteiger partial charge is 0.227 e. The van der Waals surface area contributed by atoms with Crippen LogP contribution < -0.4 is 10.6 Å². The molecule has 3 N–H and O–H groups in total. The van der Waals surface area contributed by atoms with Gasteiger partial charge in [-0.3, -0.25) is 0 Å². The molecular formula is C20H21N5O3S. The largest absolute Gasteiger partial charge is 0.395 e. The fraction of sp³-hybridized carbons (Fsp3) is 0.250. The number of aliphatic hydroxyl groups is 1. The molecule has 0 fully saturated rings. The van der Waals surface area contributed by atoms with Crippen molar-refractivity contribution in [2.75, 3.05) is 30.0 Å². The van der Waals surface area contributed by atoms with E-state index in [1.165, 1.54) is 6.07 Å². The Bertz CT molecular complexity index is 1180. The maximum absolute atomic E-state index is 12.0. The van der Waals surface area contributed by atoms with Gasteiger partial charge in [0.05, 0.1) is 22.9 Å². The first-order valence-corrected chi connectivity index (χ1v) is 10.9. The number of hydrogen-bond acceptors (Lipinski definition) is 8. The number of pyridine rings is 1. The lowest BCUT2D eigenvalue weighted by Crippen LogP contribution is -2.28. The Morgan fingerprint density at radius 3 is 2.79 bits per heavy atom. The highest BCUT2D eigenvalue weighted by molar-refractivity contribution is 7.90. The lowest BCUT2D eigenvalue weighted by Gasteiger charge is -2.20. The number of aromatic nitrogens is 3. The third-order valence-electron chi connectivity index (χ3n) is 5.02. The fourth-order valence-corrected chi connectivity index (χ4v) is 4.16. The van der Waals surface area contributed by atoms with Gasteiger partial charge in [0.2, 0.25) is 5.95 Å². The second-order valence-corrected chi connectivity index (χ2v) is 9.34. The minimum absolute atomic E-state index is 0.0109. The molecule has 0 amide bonds. The second-order valence-electron chi connectivity index (χ2n) is 7.35. The first-order valence-electron chi connectivity index (χ1n) is 9.05. The molecule has 1 unspecified atom stereocenters. The molecule has 0 aliphatic carbocycles. The molecule has 1 aromatic carbocycles. The van der Waals surface area contributed by atoms with E-state index >= 15 is 0 Å². The molecule has 1 atom stereocenters. The predicted octanol–water partition coefficient (Wildman–Crippen LogP) is 2.36. The van der Waals surface area contributed by atoms with Crippen molar-refractivity contribution in [1.29, 1.82) is 0 Å². The molecule has 0 spiro atoms. The number of nitrogens with one attached hydrogen (secondary N) is 2. The van der Waals surface area contributed by atoms with Gasteiger partial charge < -0.3 is 15.7 Å². The molecule has 1 aliphatic heterocycles. The minimum atomic E-state index is -3.40. The number of fused-ring (bicyclic) bond motifs is 1. The zero-order valence-electron chi connectivity index (χ0n) is 16.0. The zero-order valence-corrected chi connectivity index (χ0v) is 16.9. The van der Waals surface area contributed by atoms with Gasteiger partial charge in [-0.1, -0.05) is 19.1 Å². The SMILES string of the molecule is CC1(CO)CNc2ncc(-c3ccnc(Nc4ccccc4S(C)(=O)=O)n3)cc21. The Morgan fingerprint density at radius 2 is 2.03 bits per heavy atom. The molecule has 0 bridgehead atoms. The number of sulfone groups is 1. The number of benzene rings is 1. The van der Waals surface area contributed by atoms with Crippen LogP contribution in [-0.4, -0.2) is 47.9 Å². The van der Waals surface area contributed by atoms with E-state index in [1.54, 1.807) is 36.7 Å². The third kappa shape index (κ3) is 3.66. The summed E-state index contributed by atoms with van der Waals surface area (Å²) in [5.41, 5.74) is 2.38. The van der Waals surface area contributed by atoms with E-state index in [0.29, 0.717) is 17.9 Å². The summed E-state index contributed by atoms with van der Waals surface area (Å²) in [5, 5.41) is 16.0. The van der Waals surface area contributed by atoms with Crippen LogP contribution in [0.2, 0.25) is 0 Å². The van der Waals surface area contributed by atoms with E-state index in [0.717, 1.165) is 23.2 Å². The summed E-state index contributed by atoms with van der Waals surface area (Å²) in [6, 6.07) is 10.3. The highest BCUT2D eigenvalue weighted by Crippen LogP contribution is 2.37. The zero-order chi connectivity index (χ0) is 20.6. The Morgan fingerprint density at radius 1 is 1.24 bits per heavy atom. The molecule has 1 aliphatic rings. The van der Waals surface area contributed by atoms with Gasteiger partial charge in [0, 0.05) is 41.7 Å². The van der Waals surface area contributed by atoms with Crippen LogP contribution in [0.1, 0.15) is 12.5 Å². The van der Waals surface area contributed by atoms with E-state index in [4.69, 9.17) is 0 Å². The van der Waals surface area contributed by atoms with Gasteiger partial charge in [0.25, 0.3) is 0 Å². The average Bonchev–Trinajstić information content (AvgIpc) is 3.05. The summed E-state index contributed by atoms with van der Waals surface area (Å²) in [4.78, 5) is 13.4. The standard InChI is InChI=1S/C20H21N5O3S/c1-20(12-26)11-23-18-14(20)9-13(10-22-18)15-7-8-21-19(24-15)25-16-5-3-4-6-17(16)29(2,27)28/h3-10,26H,11-12H2,1-2H3,(H,22,23)(H,21,24,25). The number of rotatable bonds is 5. The maximum atomic E-state index is 12.0. The third-order valence-corrected chi connectivity index (χ3v) is 6.17. The summed E-state index contributed by atoms with van der Waals surface area (Å²) in [5.74, 6) is 1.04. The van der Waals surface area contributed by atoms with Crippen LogP contribution in [0.5, 0.6) is 0 Å². The van der Waals surface area contributed by atoms with Crippen LogP contribution >= 0.6 is 0 Å². The maximum Gasteiger partial charge on any atom is 0.227 e. The van der Waals surface area contributed by atoms with E-state index < -0.39 is 15.3 Å². The second kappa shape index (κ2) is 7.09. The predicted molar refractivity (Wildman–Crippen MR) is 111 cm³/mol. The monoisotopic (exact) mass is 411 g/mol. The van der Waals surface area contributed by atoms with Crippen molar-refractivity contribution >= 4 is 27.3 Å². The molecule has 4 rings (SSSR count). The summed E-state index contributed by atoms with van der Waals surface area (Å²) in [7, 11) is -3.40. The first kappa shape index (κ1) is 19.3. The normalized spacial score (nSPS) is 18.2. The van der Waals surface area contributed by atoms with Crippen molar-refractivity contribution in [2.24, 2.45) is 0 Å². The fourth-order valence-electron chi connectivity index (χ4n) is 3.31. The highest BCUT2D eigenvalue weighted by atomic mass is 32.2. The molecule has 0 radical (unpaired) electrons. The highest BCUT2D eigenvalue weighted by Gasteiger charge is 2.35. The minimum Gasteiger partial charge on any atom is -0.395 e. The van der Waals surface area contributed by atoms with Crippen LogP contribution in [0.25, 0.3) is 11.3 Å². The summed E-state index contributed by atoms with van der Waals surface area (Å²) >= 11 is 0. The average molecular weight is 411 g/mol. The van der Waals surface area contributed by atoms with Crippen molar-refractivity contribution in [2.45, 2.75) is 17.2 Å². The number of nitrogens with zero attached hydrogens (tertiary/aromatic N) is 3. The number of para-hydroxylation sites is 1. The first-order chi connectivity index (χ1) is 13.8. The molecule has 150 valence electrons. The van der Waals surface area contributed by atoms with Gasteiger partial charge in [0.1, 0.15) is 5.82 Å². The van der Waals surface area contributed by atoms with Crippen LogP contribution in [0, 0.1) is 0 Å². The number of hydrogen-bond donors (Lipinski definition) is 3. The Labute approximate surface area is 169 Å². The van der Waals surface area contributed by atoms with Crippen LogP contribution in [0.3, 0.4) is 0 Å². The van der Waals surface area contributed by atoms with Gasteiger partial charge in [0.15, 0.2) is 9.84 Å². The molecule has 0 saturated heterocycles. The topological polar surface area (TPSA) is 117 Å². The van der Waals surface area contributed by atoms with E-state index in [-0.39, 0.29) is 17.5 Å². The number of anilines is 3. The van der Waals surface area contributed by atoms with E-state index in [9.17, 15) is 13.5 Å². The molecule has 2 aromatic heterocycles. The van der Waals surface area contributed by atoms with Gasteiger partial charge in [-0.15, -0.1) is 0 Å². The van der Waals surface area contributed by atoms with E-state index in [1.807, 2.05) is 13.0 Å². The molecule has 3 heterocycles. The lowest BCUT2D eigenvalue weighted by molar-refractivity contribution is 0.218. The molecule has 8 nitrogen and oxygen atoms in total. The van der Waals surface area contributed by atoms with Crippen LogP contribution in [0.15, 0.2) is 53.7 Å². The molecule has 3 aromatic rings. The summed E-state index contributed by atoms with van der Waals surface area (Å²) in [6.07, 6.45) is 4.48. The number of aliphatic hydroxyl groups excluding tert-OH is 1. The van der Waals surface area contributed by atoms with E-state index in [2.05, 4.69) is 25.6 Å². The Hall–Kier alpha value is -3.04. The molecule has 9 heteroatoms. The molecule has 29 heavy (non-hydrogen) atoms. The van der Waals surface area contributed by atoms with Crippen LogP contribution in [-0.2, 0) is 15.3 Å². The molecular weight excluding hydrogens is 390 g/mol. The summed E-state index contributed by atoms with van der Waals surface area (Å²) < 4.78 is 24.0. The van der Waals surface area contributed by atoms with Crippen LogP contribution in [0.4, 0.5) is 17.5 Å². The quantitative estimate of drug-likeness (QED) is 0.586. The van der Waals surface area contributed by atoms with Crippen molar-refractivity contribution < 1.29 is 13.5 Å².